The van der Waals surface area contributed by atoms with Crippen molar-refractivity contribution in [3.63, 3.8) is 0 Å². The second-order valence-electron chi connectivity index (χ2n) is 7.04. The van der Waals surface area contributed by atoms with Crippen molar-refractivity contribution in [2.24, 2.45) is 0 Å². The van der Waals surface area contributed by atoms with E-state index in [0.717, 1.165) is 6.07 Å². The maximum absolute atomic E-state index is 14.9. The normalized spacial score (nSPS) is 14.1. The SMILES string of the molecule is Nc1nc(-n2c(N)c(C(=O)O)c(=O)c3cc(F)c(N4CC(NO)C4)c(Cl)c32)c(F)cc1F. The lowest BCUT2D eigenvalue weighted by Gasteiger charge is -2.40. The smallest absolute Gasteiger partial charge is 0.343 e. The van der Waals surface area contributed by atoms with Crippen LogP contribution in [0.3, 0.4) is 0 Å². The van der Waals surface area contributed by atoms with E-state index < -0.39 is 62.3 Å². The third-order valence-corrected chi connectivity index (χ3v) is 5.46. The van der Waals surface area contributed by atoms with Gasteiger partial charge >= 0.3 is 5.97 Å². The van der Waals surface area contributed by atoms with Gasteiger partial charge in [0.2, 0.25) is 5.43 Å². The predicted octanol–water partition coefficient (Wildman–Crippen LogP) is 1.49. The Hall–Kier alpha value is -3.55. The first-order chi connectivity index (χ1) is 15.1. The van der Waals surface area contributed by atoms with Crippen molar-refractivity contribution in [2.45, 2.75) is 6.04 Å². The quantitative estimate of drug-likeness (QED) is 0.356. The minimum absolute atomic E-state index is 0.141. The van der Waals surface area contributed by atoms with Crippen molar-refractivity contribution in [1.82, 2.24) is 15.0 Å². The maximum Gasteiger partial charge on any atom is 0.343 e. The number of hydrogen-bond donors (Lipinski definition) is 5. The Labute approximate surface area is 181 Å². The van der Waals surface area contributed by atoms with Crippen LogP contribution in [-0.4, -0.2) is 45.0 Å². The van der Waals surface area contributed by atoms with Crippen LogP contribution < -0.4 is 27.3 Å². The third-order valence-electron chi connectivity index (χ3n) is 5.10. The zero-order valence-corrected chi connectivity index (χ0v) is 16.6. The number of hydrogen-bond acceptors (Lipinski definition) is 8. The third kappa shape index (κ3) is 3.09. The fraction of sp³-hybridized carbons (Fsp3) is 0.167. The molecule has 3 aromatic rings. The average molecular weight is 471 g/mol. The molecule has 1 aliphatic heterocycles. The first-order valence-corrected chi connectivity index (χ1v) is 9.30. The molecule has 32 heavy (non-hydrogen) atoms. The van der Waals surface area contributed by atoms with E-state index in [9.17, 15) is 27.9 Å². The second-order valence-corrected chi connectivity index (χ2v) is 7.42. The van der Waals surface area contributed by atoms with E-state index in [0.29, 0.717) is 10.6 Å². The van der Waals surface area contributed by atoms with E-state index in [4.69, 9.17) is 28.3 Å². The number of pyridine rings is 2. The number of carboxylic acid groups (broad SMARTS) is 1. The van der Waals surface area contributed by atoms with E-state index in [1.54, 1.807) is 0 Å². The Morgan fingerprint density at radius 1 is 1.19 bits per heavy atom. The van der Waals surface area contributed by atoms with Gasteiger partial charge in [-0.05, 0) is 6.07 Å². The highest BCUT2D eigenvalue weighted by Gasteiger charge is 2.33. The van der Waals surface area contributed by atoms with Gasteiger partial charge in [0.05, 0.1) is 27.7 Å². The summed E-state index contributed by atoms with van der Waals surface area (Å²) in [5, 5.41) is 17.5. The number of carboxylic acids is 1. The molecule has 0 atom stereocenters. The highest BCUT2D eigenvalue weighted by atomic mass is 35.5. The average Bonchev–Trinajstić information content (AvgIpc) is 2.67. The van der Waals surface area contributed by atoms with Gasteiger partial charge in [-0.3, -0.25) is 9.36 Å². The van der Waals surface area contributed by atoms with Crippen molar-refractivity contribution in [1.29, 1.82) is 0 Å². The molecule has 14 heteroatoms. The van der Waals surface area contributed by atoms with Gasteiger partial charge in [0, 0.05) is 19.2 Å². The molecule has 1 fully saturated rings. The first-order valence-electron chi connectivity index (χ1n) is 8.92. The number of rotatable bonds is 4. The number of nitrogen functional groups attached to an aromatic ring is 2. The number of aromatic carboxylic acids is 1. The van der Waals surface area contributed by atoms with E-state index in [1.165, 1.54) is 4.90 Å². The van der Waals surface area contributed by atoms with Crippen LogP contribution >= 0.6 is 11.6 Å². The Balaban J connectivity index is 2.15. The van der Waals surface area contributed by atoms with Gasteiger partial charge < -0.3 is 26.7 Å². The monoisotopic (exact) mass is 470 g/mol. The van der Waals surface area contributed by atoms with Crippen LogP contribution in [0, 0.1) is 17.5 Å². The summed E-state index contributed by atoms with van der Waals surface area (Å²) in [6, 6.07) is 0.761. The van der Waals surface area contributed by atoms with Crippen LogP contribution in [0.1, 0.15) is 10.4 Å². The molecule has 0 aliphatic carbocycles. The zero-order chi connectivity index (χ0) is 23.5. The first kappa shape index (κ1) is 21.7. The van der Waals surface area contributed by atoms with E-state index in [2.05, 4.69) is 4.98 Å². The van der Waals surface area contributed by atoms with Crippen molar-refractivity contribution in [2.75, 3.05) is 29.5 Å². The van der Waals surface area contributed by atoms with Gasteiger partial charge in [-0.1, -0.05) is 11.6 Å². The standard InChI is InChI=1S/C18H14ClF3N6O4/c19-11-12-6(1-7(20)13(11)27-3-5(4-27)26-32)14(29)10(18(30)31)16(24)28(12)17-9(22)2-8(21)15(23)25-17/h1-2,5,26,32H,3-4,24H2,(H2,23,25)(H,30,31). The van der Waals surface area contributed by atoms with Crippen LogP contribution in [-0.2, 0) is 0 Å². The number of nitrogens with two attached hydrogens (primary N) is 2. The molecule has 0 radical (unpaired) electrons. The van der Waals surface area contributed by atoms with E-state index in [-0.39, 0.29) is 30.3 Å². The van der Waals surface area contributed by atoms with Crippen LogP contribution in [0.4, 0.5) is 30.5 Å². The van der Waals surface area contributed by atoms with Gasteiger partial charge in [-0.15, -0.1) is 0 Å². The summed E-state index contributed by atoms with van der Waals surface area (Å²) in [5.41, 5.74) is 10.6. The molecule has 1 aliphatic rings. The van der Waals surface area contributed by atoms with Crippen molar-refractivity contribution < 1.29 is 28.3 Å². The van der Waals surface area contributed by atoms with Crippen LogP contribution in [0.25, 0.3) is 16.7 Å². The molecule has 1 aromatic carbocycles. The van der Waals surface area contributed by atoms with Crippen molar-refractivity contribution in [3.8, 4) is 5.82 Å². The maximum atomic E-state index is 14.9. The molecule has 1 saturated heterocycles. The number of fused-ring (bicyclic) bond motifs is 1. The molecule has 0 spiro atoms. The van der Waals surface area contributed by atoms with Gasteiger partial charge in [0.15, 0.2) is 23.3 Å². The molecule has 10 nitrogen and oxygen atoms in total. The highest BCUT2D eigenvalue weighted by molar-refractivity contribution is 6.38. The summed E-state index contributed by atoms with van der Waals surface area (Å²) in [7, 11) is 0. The van der Waals surface area contributed by atoms with Gasteiger partial charge in [0.1, 0.15) is 17.2 Å². The molecule has 0 amide bonds. The number of anilines is 3. The molecule has 0 saturated carbocycles. The topological polar surface area (TPSA) is 160 Å². The molecule has 3 heterocycles. The van der Waals surface area contributed by atoms with Crippen LogP contribution in [0.15, 0.2) is 16.9 Å². The summed E-state index contributed by atoms with van der Waals surface area (Å²) in [5.74, 6) is -7.45. The van der Waals surface area contributed by atoms with Crippen molar-refractivity contribution >= 4 is 45.8 Å². The van der Waals surface area contributed by atoms with Gasteiger partial charge in [0.25, 0.3) is 0 Å². The summed E-state index contributed by atoms with van der Waals surface area (Å²) in [4.78, 5) is 29.5. The summed E-state index contributed by atoms with van der Waals surface area (Å²) >= 11 is 6.42. The predicted molar refractivity (Wildman–Crippen MR) is 109 cm³/mol. The lowest BCUT2D eigenvalue weighted by atomic mass is 10.0. The Morgan fingerprint density at radius 2 is 1.84 bits per heavy atom. The largest absolute Gasteiger partial charge is 0.477 e. The number of benzene rings is 1. The molecule has 4 rings (SSSR count). The molecular formula is C18H14ClF3N6O4. The number of aromatic nitrogens is 2. The molecule has 2 aromatic heterocycles. The number of nitrogens with one attached hydrogen (secondary N) is 1. The molecule has 0 unspecified atom stereocenters. The van der Waals surface area contributed by atoms with Crippen molar-refractivity contribution in [3.05, 3.63) is 50.4 Å². The highest BCUT2D eigenvalue weighted by Crippen LogP contribution is 2.39. The summed E-state index contributed by atoms with van der Waals surface area (Å²) in [6.07, 6.45) is 0. The molecular weight excluding hydrogens is 457 g/mol. The molecule has 0 bridgehead atoms. The summed E-state index contributed by atoms with van der Waals surface area (Å²) < 4.78 is 44.0. The number of carbonyl (C=O) groups is 1. The van der Waals surface area contributed by atoms with E-state index >= 15 is 0 Å². The van der Waals surface area contributed by atoms with Gasteiger partial charge in [-0.2, -0.15) is 5.48 Å². The lowest BCUT2D eigenvalue weighted by molar-refractivity contribution is 0.0696. The summed E-state index contributed by atoms with van der Waals surface area (Å²) in [6.45, 7) is 0.281. The molecule has 7 N–H and O–H groups in total. The Morgan fingerprint density at radius 3 is 2.44 bits per heavy atom. The fourth-order valence-electron chi connectivity index (χ4n) is 3.56. The number of hydroxylamine groups is 1. The van der Waals surface area contributed by atoms with Gasteiger partial charge in [-0.25, -0.2) is 22.9 Å². The van der Waals surface area contributed by atoms with Crippen LogP contribution in [0.5, 0.6) is 0 Å². The molecule has 168 valence electrons. The second kappa shape index (κ2) is 7.55. The number of halogens is 4. The van der Waals surface area contributed by atoms with Crippen LogP contribution in [0.2, 0.25) is 5.02 Å². The minimum atomic E-state index is -1.76. The zero-order valence-electron chi connectivity index (χ0n) is 15.9. The minimum Gasteiger partial charge on any atom is -0.477 e. The Bertz CT molecular complexity index is 1360. The number of nitrogens with zero attached hydrogens (tertiary/aromatic N) is 3. The Kier molecular flexibility index (Phi) is 5.11. The lowest BCUT2D eigenvalue weighted by Crippen LogP contribution is -2.57. The fourth-order valence-corrected chi connectivity index (χ4v) is 3.96. The van der Waals surface area contributed by atoms with E-state index in [1.807, 2.05) is 5.48 Å².